The van der Waals surface area contributed by atoms with Gasteiger partial charge in [0.25, 0.3) is 0 Å². The lowest BCUT2D eigenvalue weighted by Gasteiger charge is -2.19. The van der Waals surface area contributed by atoms with Crippen LogP contribution in [0.25, 0.3) is 0 Å². The van der Waals surface area contributed by atoms with E-state index in [0.717, 1.165) is 16.7 Å². The molecule has 0 spiro atoms. The molecule has 0 heterocycles. The SMILES string of the molecule is Cc1cc(C)c(C(O)c2cccc(C)c2C)cc1C. The molecule has 0 radical (unpaired) electrons. The zero-order valence-electron chi connectivity index (χ0n) is 12.4. The third kappa shape index (κ3) is 2.57. The molecule has 1 atom stereocenters. The minimum atomic E-state index is -0.542. The van der Waals surface area contributed by atoms with Gasteiger partial charge in [0.2, 0.25) is 0 Å². The fourth-order valence-electron chi connectivity index (χ4n) is 2.51. The Kier molecular flexibility index (Phi) is 3.77. The molecule has 1 heteroatoms. The van der Waals surface area contributed by atoms with E-state index in [-0.39, 0.29) is 0 Å². The predicted molar refractivity (Wildman–Crippen MR) is 80.6 cm³/mol. The highest BCUT2D eigenvalue weighted by Crippen LogP contribution is 2.29. The number of hydrogen-bond acceptors (Lipinski definition) is 1. The highest BCUT2D eigenvalue weighted by Gasteiger charge is 2.16. The van der Waals surface area contributed by atoms with Crippen LogP contribution in [0.2, 0.25) is 0 Å². The zero-order chi connectivity index (χ0) is 14.2. The molecule has 0 bridgehead atoms. The van der Waals surface area contributed by atoms with Crippen molar-refractivity contribution >= 4 is 0 Å². The first-order valence-electron chi connectivity index (χ1n) is 6.73. The molecule has 19 heavy (non-hydrogen) atoms. The average Bonchev–Trinajstić information content (AvgIpc) is 2.36. The smallest absolute Gasteiger partial charge is 0.105 e. The summed E-state index contributed by atoms with van der Waals surface area (Å²) in [6, 6.07) is 10.4. The number of benzene rings is 2. The maximum absolute atomic E-state index is 10.7. The maximum atomic E-state index is 10.7. The second-order valence-corrected chi connectivity index (χ2v) is 5.48. The summed E-state index contributed by atoms with van der Waals surface area (Å²) in [5.41, 5.74) is 8.06. The van der Waals surface area contributed by atoms with Crippen molar-refractivity contribution in [1.82, 2.24) is 0 Å². The molecule has 0 aliphatic carbocycles. The van der Waals surface area contributed by atoms with Gasteiger partial charge >= 0.3 is 0 Å². The molecule has 2 aromatic rings. The van der Waals surface area contributed by atoms with Crippen molar-refractivity contribution in [3.8, 4) is 0 Å². The Morgan fingerprint density at radius 2 is 1.37 bits per heavy atom. The highest BCUT2D eigenvalue weighted by molar-refractivity contribution is 5.44. The summed E-state index contributed by atoms with van der Waals surface area (Å²) >= 11 is 0. The van der Waals surface area contributed by atoms with Crippen LogP contribution in [0.1, 0.15) is 45.0 Å². The van der Waals surface area contributed by atoms with Crippen molar-refractivity contribution in [2.24, 2.45) is 0 Å². The van der Waals surface area contributed by atoms with Gasteiger partial charge in [-0.05, 0) is 73.6 Å². The summed E-state index contributed by atoms with van der Waals surface area (Å²) in [4.78, 5) is 0. The van der Waals surface area contributed by atoms with Gasteiger partial charge in [-0.2, -0.15) is 0 Å². The summed E-state index contributed by atoms with van der Waals surface area (Å²) in [5, 5.41) is 10.7. The van der Waals surface area contributed by atoms with Gasteiger partial charge in [0.05, 0.1) is 0 Å². The lowest BCUT2D eigenvalue weighted by Crippen LogP contribution is -2.06. The van der Waals surface area contributed by atoms with Crippen molar-refractivity contribution in [2.75, 3.05) is 0 Å². The molecule has 2 rings (SSSR count). The minimum Gasteiger partial charge on any atom is -0.384 e. The van der Waals surface area contributed by atoms with Gasteiger partial charge in [-0.15, -0.1) is 0 Å². The van der Waals surface area contributed by atoms with Gasteiger partial charge < -0.3 is 5.11 Å². The van der Waals surface area contributed by atoms with E-state index < -0.39 is 6.10 Å². The van der Waals surface area contributed by atoms with E-state index in [4.69, 9.17) is 0 Å². The van der Waals surface area contributed by atoms with E-state index in [1.807, 2.05) is 12.1 Å². The molecule has 0 aromatic heterocycles. The predicted octanol–water partition coefficient (Wildman–Crippen LogP) is 4.31. The molecule has 0 aliphatic heterocycles. The van der Waals surface area contributed by atoms with Gasteiger partial charge in [-0.1, -0.05) is 30.3 Å². The van der Waals surface area contributed by atoms with Crippen LogP contribution in [0.4, 0.5) is 0 Å². The Morgan fingerprint density at radius 3 is 2.05 bits per heavy atom. The molecule has 0 amide bonds. The largest absolute Gasteiger partial charge is 0.384 e. The molecule has 0 fully saturated rings. The first-order valence-corrected chi connectivity index (χ1v) is 6.73. The van der Waals surface area contributed by atoms with Crippen molar-refractivity contribution in [3.63, 3.8) is 0 Å². The molecule has 1 unspecified atom stereocenters. The van der Waals surface area contributed by atoms with Crippen LogP contribution < -0.4 is 0 Å². The zero-order valence-corrected chi connectivity index (χ0v) is 12.4. The monoisotopic (exact) mass is 254 g/mol. The molecule has 100 valence electrons. The van der Waals surface area contributed by atoms with Crippen LogP contribution in [-0.2, 0) is 0 Å². The summed E-state index contributed by atoms with van der Waals surface area (Å²) in [5.74, 6) is 0. The summed E-state index contributed by atoms with van der Waals surface area (Å²) in [6.07, 6.45) is -0.542. The van der Waals surface area contributed by atoms with Crippen molar-refractivity contribution < 1.29 is 5.11 Å². The molecule has 0 saturated carbocycles. The second-order valence-electron chi connectivity index (χ2n) is 5.48. The Morgan fingerprint density at radius 1 is 0.737 bits per heavy atom. The van der Waals surface area contributed by atoms with Gasteiger partial charge in [-0.25, -0.2) is 0 Å². The second kappa shape index (κ2) is 5.18. The van der Waals surface area contributed by atoms with Crippen LogP contribution in [-0.4, -0.2) is 5.11 Å². The van der Waals surface area contributed by atoms with Crippen LogP contribution in [0, 0.1) is 34.6 Å². The van der Waals surface area contributed by atoms with E-state index in [9.17, 15) is 5.11 Å². The van der Waals surface area contributed by atoms with E-state index in [1.54, 1.807) is 0 Å². The summed E-state index contributed by atoms with van der Waals surface area (Å²) in [7, 11) is 0. The molecular formula is C18H22O. The van der Waals surface area contributed by atoms with Gasteiger partial charge in [-0.3, -0.25) is 0 Å². The van der Waals surface area contributed by atoms with E-state index in [2.05, 4.69) is 52.8 Å². The Bertz CT molecular complexity index is 611. The topological polar surface area (TPSA) is 20.2 Å². The molecule has 0 saturated heterocycles. The summed E-state index contributed by atoms with van der Waals surface area (Å²) < 4.78 is 0. The van der Waals surface area contributed by atoms with Gasteiger partial charge in [0.15, 0.2) is 0 Å². The maximum Gasteiger partial charge on any atom is 0.105 e. The van der Waals surface area contributed by atoms with Crippen molar-refractivity contribution in [1.29, 1.82) is 0 Å². The van der Waals surface area contributed by atoms with Crippen LogP contribution in [0.5, 0.6) is 0 Å². The first-order chi connectivity index (χ1) is 8.91. The quantitative estimate of drug-likeness (QED) is 0.846. The third-order valence-corrected chi connectivity index (χ3v) is 4.12. The first kappa shape index (κ1) is 13.8. The Balaban J connectivity index is 2.53. The molecule has 2 aromatic carbocycles. The lowest BCUT2D eigenvalue weighted by atomic mass is 9.90. The van der Waals surface area contributed by atoms with Gasteiger partial charge in [0, 0.05) is 0 Å². The lowest BCUT2D eigenvalue weighted by molar-refractivity contribution is 0.218. The fraction of sp³-hybridized carbons (Fsp3) is 0.333. The fourth-order valence-corrected chi connectivity index (χ4v) is 2.51. The third-order valence-electron chi connectivity index (χ3n) is 4.12. The summed E-state index contributed by atoms with van der Waals surface area (Å²) in [6.45, 7) is 10.4. The Hall–Kier alpha value is -1.60. The van der Waals surface area contributed by atoms with Crippen molar-refractivity contribution in [3.05, 3.63) is 69.3 Å². The number of aliphatic hydroxyl groups excluding tert-OH is 1. The molecule has 1 N–H and O–H groups in total. The minimum absolute atomic E-state index is 0.542. The average molecular weight is 254 g/mol. The van der Waals surface area contributed by atoms with Crippen LogP contribution >= 0.6 is 0 Å². The highest BCUT2D eigenvalue weighted by atomic mass is 16.3. The number of aliphatic hydroxyl groups is 1. The van der Waals surface area contributed by atoms with E-state index in [1.165, 1.54) is 22.3 Å². The van der Waals surface area contributed by atoms with Crippen LogP contribution in [0.15, 0.2) is 30.3 Å². The van der Waals surface area contributed by atoms with Crippen LogP contribution in [0.3, 0.4) is 0 Å². The number of hydrogen-bond donors (Lipinski definition) is 1. The Labute approximate surface area is 115 Å². The number of rotatable bonds is 2. The normalized spacial score (nSPS) is 12.5. The van der Waals surface area contributed by atoms with Gasteiger partial charge in [0.1, 0.15) is 6.10 Å². The van der Waals surface area contributed by atoms with Crippen molar-refractivity contribution in [2.45, 2.75) is 40.7 Å². The number of aryl methyl sites for hydroxylation is 4. The standard InChI is InChI=1S/C18H22O/c1-11-7-6-8-16(15(11)5)18(19)17-10-13(3)12(2)9-14(17)4/h6-10,18-19H,1-5H3. The van der Waals surface area contributed by atoms with E-state index >= 15 is 0 Å². The van der Waals surface area contributed by atoms with E-state index in [0.29, 0.717) is 0 Å². The molecule has 0 aliphatic rings. The molecular weight excluding hydrogens is 232 g/mol. The molecule has 1 nitrogen and oxygen atoms in total.